The maximum atomic E-state index is 8.49. The fourth-order valence-electron chi connectivity index (χ4n) is 1.22. The molecule has 0 unspecified atom stereocenters. The van der Waals surface area contributed by atoms with Crippen LogP contribution in [0.3, 0.4) is 0 Å². The van der Waals surface area contributed by atoms with Gasteiger partial charge in [0.15, 0.2) is 5.82 Å². The Kier molecular flexibility index (Phi) is 2.42. The van der Waals surface area contributed by atoms with Gasteiger partial charge in [-0.3, -0.25) is 10.1 Å². The highest BCUT2D eigenvalue weighted by atomic mass is 15.2. The van der Waals surface area contributed by atoms with Crippen molar-refractivity contribution in [1.29, 1.82) is 5.26 Å². The van der Waals surface area contributed by atoms with E-state index in [1.165, 1.54) is 0 Å². The summed E-state index contributed by atoms with van der Waals surface area (Å²) in [7, 11) is 0. The van der Waals surface area contributed by atoms with Crippen molar-refractivity contribution in [3.05, 3.63) is 29.7 Å². The van der Waals surface area contributed by atoms with Crippen LogP contribution in [-0.4, -0.2) is 20.2 Å². The second-order valence-electron chi connectivity index (χ2n) is 3.16. The maximum absolute atomic E-state index is 8.49. The number of H-pyrrole nitrogens is 1. The van der Waals surface area contributed by atoms with Crippen LogP contribution < -0.4 is 0 Å². The third-order valence-corrected chi connectivity index (χ3v) is 1.92. The molecule has 2 aromatic heterocycles. The molecule has 0 aliphatic heterocycles. The zero-order chi connectivity index (χ0) is 10.7. The van der Waals surface area contributed by atoms with Crippen LogP contribution >= 0.6 is 0 Å². The van der Waals surface area contributed by atoms with E-state index in [1.54, 1.807) is 6.20 Å². The smallest absolute Gasteiger partial charge is 0.199 e. The first-order valence-electron chi connectivity index (χ1n) is 4.51. The Morgan fingerprint density at radius 3 is 3.13 bits per heavy atom. The highest BCUT2D eigenvalue weighted by Crippen LogP contribution is 2.12. The minimum Gasteiger partial charge on any atom is -0.262 e. The van der Waals surface area contributed by atoms with Crippen LogP contribution in [0.4, 0.5) is 0 Å². The quantitative estimate of drug-likeness (QED) is 0.789. The van der Waals surface area contributed by atoms with Crippen molar-refractivity contribution >= 4 is 0 Å². The number of hydrogen-bond donors (Lipinski definition) is 1. The molecule has 2 rings (SSSR count). The molecule has 2 heterocycles. The standard InChI is InChI=1S/C10H9N5/c1-7-3-5-12-8(6-7)10-13-9(2-4-11)14-15-10/h3,5-6H,2H2,1H3,(H,13,14,15). The Balaban J connectivity index is 2.34. The maximum Gasteiger partial charge on any atom is 0.199 e. The molecule has 15 heavy (non-hydrogen) atoms. The van der Waals surface area contributed by atoms with E-state index in [4.69, 9.17) is 5.26 Å². The molecule has 0 bridgehead atoms. The summed E-state index contributed by atoms with van der Waals surface area (Å²) in [5.41, 5.74) is 1.82. The Hall–Kier alpha value is -2.22. The molecule has 0 saturated carbocycles. The zero-order valence-electron chi connectivity index (χ0n) is 8.23. The van der Waals surface area contributed by atoms with Crippen molar-refractivity contribution in [1.82, 2.24) is 20.2 Å². The van der Waals surface area contributed by atoms with E-state index in [-0.39, 0.29) is 6.42 Å². The summed E-state index contributed by atoms with van der Waals surface area (Å²) in [6.07, 6.45) is 1.95. The van der Waals surface area contributed by atoms with Crippen LogP contribution in [0.5, 0.6) is 0 Å². The predicted octanol–water partition coefficient (Wildman–Crippen LogP) is 1.24. The largest absolute Gasteiger partial charge is 0.262 e. The summed E-state index contributed by atoms with van der Waals surface area (Å²) in [5.74, 6) is 1.10. The van der Waals surface area contributed by atoms with Gasteiger partial charge in [0.25, 0.3) is 0 Å². The number of aromatic amines is 1. The Morgan fingerprint density at radius 2 is 2.40 bits per heavy atom. The topological polar surface area (TPSA) is 78.2 Å². The van der Waals surface area contributed by atoms with Gasteiger partial charge in [0.2, 0.25) is 0 Å². The number of aromatic nitrogens is 4. The molecular weight excluding hydrogens is 190 g/mol. The van der Waals surface area contributed by atoms with E-state index in [1.807, 2.05) is 25.1 Å². The molecule has 0 aromatic carbocycles. The molecule has 0 aliphatic rings. The molecule has 0 amide bonds. The fraction of sp³-hybridized carbons (Fsp3) is 0.200. The second kappa shape index (κ2) is 3.88. The molecule has 2 aromatic rings. The SMILES string of the molecule is Cc1ccnc(-c2n[nH]c(CC#N)n2)c1. The van der Waals surface area contributed by atoms with Gasteiger partial charge in [-0.05, 0) is 24.6 Å². The number of nitrogens with one attached hydrogen (secondary N) is 1. The number of hydrogen-bond acceptors (Lipinski definition) is 4. The van der Waals surface area contributed by atoms with Gasteiger partial charge in [-0.25, -0.2) is 4.98 Å². The van der Waals surface area contributed by atoms with Crippen molar-refractivity contribution in [2.24, 2.45) is 0 Å². The molecule has 5 nitrogen and oxygen atoms in total. The van der Waals surface area contributed by atoms with Crippen molar-refractivity contribution in [2.45, 2.75) is 13.3 Å². The van der Waals surface area contributed by atoms with Crippen molar-refractivity contribution < 1.29 is 0 Å². The van der Waals surface area contributed by atoms with Crippen LogP contribution in [0.25, 0.3) is 11.5 Å². The first-order chi connectivity index (χ1) is 7.29. The van der Waals surface area contributed by atoms with Crippen molar-refractivity contribution in [3.8, 4) is 17.6 Å². The molecule has 5 heteroatoms. The van der Waals surface area contributed by atoms with E-state index in [0.29, 0.717) is 11.6 Å². The van der Waals surface area contributed by atoms with Crippen LogP contribution in [-0.2, 0) is 6.42 Å². The summed E-state index contributed by atoms with van der Waals surface area (Å²) >= 11 is 0. The van der Waals surface area contributed by atoms with Gasteiger partial charge in [0.1, 0.15) is 11.5 Å². The average molecular weight is 199 g/mol. The van der Waals surface area contributed by atoms with Gasteiger partial charge < -0.3 is 0 Å². The first-order valence-corrected chi connectivity index (χ1v) is 4.51. The van der Waals surface area contributed by atoms with Crippen molar-refractivity contribution in [2.75, 3.05) is 0 Å². The van der Waals surface area contributed by atoms with Gasteiger partial charge in [-0.2, -0.15) is 10.4 Å². The third-order valence-electron chi connectivity index (χ3n) is 1.92. The summed E-state index contributed by atoms with van der Waals surface area (Å²) in [4.78, 5) is 8.32. The predicted molar refractivity (Wildman–Crippen MR) is 53.7 cm³/mol. The van der Waals surface area contributed by atoms with Crippen LogP contribution in [0.15, 0.2) is 18.3 Å². The lowest BCUT2D eigenvalue weighted by Gasteiger charge is -1.94. The lowest BCUT2D eigenvalue weighted by molar-refractivity contribution is 0.995. The van der Waals surface area contributed by atoms with Crippen LogP contribution in [0, 0.1) is 18.3 Å². The van der Waals surface area contributed by atoms with Crippen LogP contribution in [0.2, 0.25) is 0 Å². The Bertz CT molecular complexity index is 509. The molecule has 0 saturated heterocycles. The molecule has 1 N–H and O–H groups in total. The lowest BCUT2D eigenvalue weighted by Crippen LogP contribution is -1.87. The summed E-state index contributed by atoms with van der Waals surface area (Å²) in [6.45, 7) is 1.98. The first kappa shape index (κ1) is 9.34. The number of nitriles is 1. The van der Waals surface area contributed by atoms with E-state index in [0.717, 1.165) is 11.3 Å². The zero-order valence-corrected chi connectivity index (χ0v) is 8.23. The normalized spacial score (nSPS) is 9.87. The number of aryl methyl sites for hydroxylation is 1. The molecular formula is C10H9N5. The number of rotatable bonds is 2. The summed E-state index contributed by atoms with van der Waals surface area (Å²) in [5, 5.41) is 15.2. The molecule has 0 atom stereocenters. The monoisotopic (exact) mass is 199 g/mol. The molecule has 74 valence electrons. The highest BCUT2D eigenvalue weighted by molar-refractivity contribution is 5.49. The average Bonchev–Trinajstić information content (AvgIpc) is 2.67. The van der Waals surface area contributed by atoms with Gasteiger partial charge in [0.05, 0.1) is 12.5 Å². The summed E-state index contributed by atoms with van der Waals surface area (Å²) in [6, 6.07) is 5.82. The Labute approximate surface area is 86.8 Å². The fourth-order valence-corrected chi connectivity index (χ4v) is 1.22. The van der Waals surface area contributed by atoms with Crippen molar-refractivity contribution in [3.63, 3.8) is 0 Å². The van der Waals surface area contributed by atoms with Gasteiger partial charge in [-0.15, -0.1) is 0 Å². The minimum atomic E-state index is 0.235. The number of nitrogens with zero attached hydrogens (tertiary/aromatic N) is 4. The third kappa shape index (κ3) is 1.99. The van der Waals surface area contributed by atoms with E-state index in [9.17, 15) is 0 Å². The Morgan fingerprint density at radius 1 is 1.53 bits per heavy atom. The van der Waals surface area contributed by atoms with Gasteiger partial charge in [0, 0.05) is 6.20 Å². The lowest BCUT2D eigenvalue weighted by atomic mass is 10.2. The molecule has 0 spiro atoms. The number of pyridine rings is 1. The second-order valence-corrected chi connectivity index (χ2v) is 3.16. The molecule has 0 fully saturated rings. The van der Waals surface area contributed by atoms with Crippen LogP contribution in [0.1, 0.15) is 11.4 Å². The minimum absolute atomic E-state index is 0.235. The molecule has 0 radical (unpaired) electrons. The van der Waals surface area contributed by atoms with Gasteiger partial charge >= 0.3 is 0 Å². The van der Waals surface area contributed by atoms with Gasteiger partial charge in [-0.1, -0.05) is 0 Å². The summed E-state index contributed by atoms with van der Waals surface area (Å²) < 4.78 is 0. The molecule has 0 aliphatic carbocycles. The van der Waals surface area contributed by atoms with E-state index >= 15 is 0 Å². The highest BCUT2D eigenvalue weighted by Gasteiger charge is 2.06. The van der Waals surface area contributed by atoms with E-state index in [2.05, 4.69) is 20.2 Å². The van der Waals surface area contributed by atoms with E-state index < -0.39 is 0 Å².